The van der Waals surface area contributed by atoms with Crippen LogP contribution in [0.4, 0.5) is 0 Å². The van der Waals surface area contributed by atoms with E-state index in [9.17, 15) is 9.59 Å². The molecule has 0 aromatic rings. The van der Waals surface area contributed by atoms with Gasteiger partial charge >= 0.3 is 11.9 Å². The number of rotatable bonds is 6. The maximum atomic E-state index is 11.2. The van der Waals surface area contributed by atoms with Gasteiger partial charge in [0.25, 0.3) is 0 Å². The molecule has 0 saturated heterocycles. The molecular formula is C11H20O4S2. The largest absolute Gasteiger partial charge is 0.464 e. The van der Waals surface area contributed by atoms with Crippen molar-refractivity contribution in [1.82, 2.24) is 0 Å². The predicted octanol–water partition coefficient (Wildman–Crippen LogP) is 1.74. The van der Waals surface area contributed by atoms with Gasteiger partial charge in [0.2, 0.25) is 0 Å². The highest BCUT2D eigenvalue weighted by atomic mass is 32.1. The molecule has 2 atom stereocenters. The van der Waals surface area contributed by atoms with E-state index < -0.39 is 15.9 Å². The fourth-order valence-electron chi connectivity index (χ4n) is 0.816. The Labute approximate surface area is 113 Å². The zero-order valence-electron chi connectivity index (χ0n) is 10.6. The van der Waals surface area contributed by atoms with Gasteiger partial charge in [0, 0.05) is 5.41 Å². The van der Waals surface area contributed by atoms with Crippen LogP contribution in [-0.2, 0) is 19.1 Å². The number of carbonyl (C=O) groups is 2. The third-order valence-electron chi connectivity index (χ3n) is 1.89. The molecule has 17 heavy (non-hydrogen) atoms. The average Bonchev–Trinajstić information content (AvgIpc) is 2.22. The smallest absolute Gasteiger partial charge is 0.318 e. The first-order valence-electron chi connectivity index (χ1n) is 5.35. The Kier molecular flexibility index (Phi) is 7.01. The molecule has 0 aliphatic rings. The number of thiol groups is 2. The van der Waals surface area contributed by atoms with E-state index in [1.54, 1.807) is 13.8 Å². The Bertz CT molecular complexity index is 249. The predicted molar refractivity (Wildman–Crippen MR) is 72.6 cm³/mol. The molecule has 100 valence electrons. The summed E-state index contributed by atoms with van der Waals surface area (Å²) in [6.45, 7) is 7.35. The van der Waals surface area contributed by atoms with Crippen molar-refractivity contribution in [1.29, 1.82) is 0 Å². The van der Waals surface area contributed by atoms with E-state index in [1.165, 1.54) is 0 Å². The minimum Gasteiger partial charge on any atom is -0.464 e. The Balaban J connectivity index is 4.04. The van der Waals surface area contributed by atoms with Gasteiger partial charge in [-0.05, 0) is 13.8 Å². The monoisotopic (exact) mass is 280 g/mol. The van der Waals surface area contributed by atoms with Gasteiger partial charge in [-0.1, -0.05) is 13.8 Å². The van der Waals surface area contributed by atoms with Gasteiger partial charge in [0.05, 0.1) is 23.7 Å². The van der Waals surface area contributed by atoms with Gasteiger partial charge in [0.1, 0.15) is 0 Å². The van der Waals surface area contributed by atoms with E-state index in [-0.39, 0.29) is 25.2 Å². The SMILES string of the molecule is CC(S)C(=O)OCC(C)(C)COC(=O)C(C)S. The molecule has 4 nitrogen and oxygen atoms in total. The van der Waals surface area contributed by atoms with Crippen LogP contribution in [0, 0.1) is 5.41 Å². The Morgan fingerprint density at radius 1 is 1.00 bits per heavy atom. The Morgan fingerprint density at radius 3 is 1.53 bits per heavy atom. The van der Waals surface area contributed by atoms with Crippen molar-refractivity contribution in [2.24, 2.45) is 5.41 Å². The first kappa shape index (κ1) is 16.6. The van der Waals surface area contributed by atoms with E-state index in [2.05, 4.69) is 25.3 Å². The normalized spacial score (nSPS) is 14.9. The maximum Gasteiger partial charge on any atom is 0.318 e. The van der Waals surface area contributed by atoms with E-state index in [0.29, 0.717) is 0 Å². The summed E-state index contributed by atoms with van der Waals surface area (Å²) < 4.78 is 10.1. The number of ether oxygens (including phenoxy) is 2. The summed E-state index contributed by atoms with van der Waals surface area (Å²) in [4.78, 5) is 22.4. The van der Waals surface area contributed by atoms with E-state index in [1.807, 2.05) is 13.8 Å². The molecule has 0 rings (SSSR count). The molecule has 2 unspecified atom stereocenters. The first-order valence-corrected chi connectivity index (χ1v) is 6.38. The molecule has 0 saturated carbocycles. The van der Waals surface area contributed by atoms with Crippen LogP contribution in [0.25, 0.3) is 0 Å². The molecule has 0 aliphatic carbocycles. The fraction of sp³-hybridized carbons (Fsp3) is 0.818. The van der Waals surface area contributed by atoms with Gasteiger partial charge in [0.15, 0.2) is 0 Å². The molecule has 0 aliphatic heterocycles. The van der Waals surface area contributed by atoms with Crippen LogP contribution in [0.1, 0.15) is 27.7 Å². The van der Waals surface area contributed by atoms with Crippen molar-refractivity contribution < 1.29 is 19.1 Å². The van der Waals surface area contributed by atoms with Crippen molar-refractivity contribution in [2.45, 2.75) is 38.2 Å². The molecule has 0 N–H and O–H groups in total. The van der Waals surface area contributed by atoms with Crippen LogP contribution < -0.4 is 0 Å². The topological polar surface area (TPSA) is 52.6 Å². The quantitative estimate of drug-likeness (QED) is 0.575. The summed E-state index contributed by atoms with van der Waals surface area (Å²) in [7, 11) is 0. The van der Waals surface area contributed by atoms with Crippen molar-refractivity contribution >= 4 is 37.2 Å². The summed E-state index contributed by atoms with van der Waals surface area (Å²) in [5.41, 5.74) is -0.420. The summed E-state index contributed by atoms with van der Waals surface area (Å²) in [6.07, 6.45) is 0. The highest BCUT2D eigenvalue weighted by molar-refractivity contribution is 7.81. The molecule has 0 spiro atoms. The van der Waals surface area contributed by atoms with E-state index in [0.717, 1.165) is 0 Å². The van der Waals surface area contributed by atoms with E-state index >= 15 is 0 Å². The molecule has 0 aromatic heterocycles. The molecular weight excluding hydrogens is 260 g/mol. The molecule has 6 heteroatoms. The summed E-state index contributed by atoms with van der Waals surface area (Å²) in [5, 5.41) is -0.906. The minimum atomic E-state index is -0.453. The number of hydrogen-bond donors (Lipinski definition) is 2. The third-order valence-corrected chi connectivity index (χ3v) is 2.31. The van der Waals surface area contributed by atoms with Crippen LogP contribution in [0.2, 0.25) is 0 Å². The Hall–Kier alpha value is -0.360. The van der Waals surface area contributed by atoms with Crippen LogP contribution in [-0.4, -0.2) is 35.7 Å². The van der Waals surface area contributed by atoms with Crippen LogP contribution in [0.3, 0.4) is 0 Å². The van der Waals surface area contributed by atoms with Crippen molar-refractivity contribution in [3.05, 3.63) is 0 Å². The number of carbonyl (C=O) groups excluding carboxylic acids is 2. The standard InChI is InChI=1S/C11H20O4S2/c1-7(16)9(12)14-5-11(3,4)6-15-10(13)8(2)17/h7-8,16-17H,5-6H2,1-4H3. The van der Waals surface area contributed by atoms with Crippen LogP contribution in [0.5, 0.6) is 0 Å². The third kappa shape index (κ3) is 7.54. The molecule has 0 radical (unpaired) electrons. The van der Waals surface area contributed by atoms with Crippen molar-refractivity contribution in [2.75, 3.05) is 13.2 Å². The van der Waals surface area contributed by atoms with Gasteiger partial charge in [-0.25, -0.2) is 0 Å². The number of esters is 2. The molecule has 0 amide bonds. The zero-order chi connectivity index (χ0) is 13.6. The first-order chi connectivity index (χ1) is 7.65. The fourth-order valence-corrected chi connectivity index (χ4v) is 0.965. The van der Waals surface area contributed by atoms with Gasteiger partial charge in [-0.15, -0.1) is 0 Å². The molecule has 0 fully saturated rings. The average molecular weight is 280 g/mol. The summed E-state index contributed by atoms with van der Waals surface area (Å²) >= 11 is 7.93. The summed E-state index contributed by atoms with van der Waals surface area (Å²) in [6, 6.07) is 0. The minimum absolute atomic E-state index is 0.185. The van der Waals surface area contributed by atoms with Gasteiger partial charge in [-0.3, -0.25) is 9.59 Å². The highest BCUT2D eigenvalue weighted by Crippen LogP contribution is 2.17. The van der Waals surface area contributed by atoms with E-state index in [4.69, 9.17) is 9.47 Å². The van der Waals surface area contributed by atoms with Crippen LogP contribution in [0.15, 0.2) is 0 Å². The lowest BCUT2D eigenvalue weighted by Gasteiger charge is -2.24. The highest BCUT2D eigenvalue weighted by Gasteiger charge is 2.24. The lowest BCUT2D eigenvalue weighted by molar-refractivity contribution is -0.151. The van der Waals surface area contributed by atoms with Crippen molar-refractivity contribution in [3.8, 4) is 0 Å². The molecule has 0 aromatic carbocycles. The molecule has 0 heterocycles. The number of hydrogen-bond acceptors (Lipinski definition) is 6. The summed E-state index contributed by atoms with van der Waals surface area (Å²) in [5.74, 6) is -0.759. The van der Waals surface area contributed by atoms with Gasteiger partial charge < -0.3 is 9.47 Å². The zero-order valence-corrected chi connectivity index (χ0v) is 12.4. The second-order valence-electron chi connectivity index (χ2n) is 4.73. The second-order valence-corrected chi connectivity index (χ2v) is 6.28. The van der Waals surface area contributed by atoms with Gasteiger partial charge in [-0.2, -0.15) is 25.3 Å². The lowest BCUT2D eigenvalue weighted by Crippen LogP contribution is -2.31. The Morgan fingerprint density at radius 2 is 1.29 bits per heavy atom. The second kappa shape index (κ2) is 7.16. The lowest BCUT2D eigenvalue weighted by atomic mass is 9.96. The molecule has 0 bridgehead atoms. The maximum absolute atomic E-state index is 11.2. The van der Waals surface area contributed by atoms with Crippen molar-refractivity contribution in [3.63, 3.8) is 0 Å². The van der Waals surface area contributed by atoms with Crippen LogP contribution >= 0.6 is 25.3 Å².